The average molecular weight is 335 g/mol. The van der Waals surface area contributed by atoms with Crippen LogP contribution in [0.25, 0.3) is 0 Å². The monoisotopic (exact) mass is 335 g/mol. The molecule has 2 heterocycles. The van der Waals surface area contributed by atoms with Gasteiger partial charge in [-0.2, -0.15) is 0 Å². The predicted molar refractivity (Wildman–Crippen MR) is 85.2 cm³/mol. The standard InChI is InChI=1S/C12H16N2O4.C4H5NO/c1-5-17-12(16)9(7-14(3)4)11(15)10-6-8(2)18-13-10;1-4-2-3-5-6-4/h6-7H,5H2,1-4H3;2-3H,1H3. The Morgan fingerprint density at radius 3 is 2.33 bits per heavy atom. The van der Waals surface area contributed by atoms with Crippen LogP contribution in [0.15, 0.2) is 39.1 Å². The van der Waals surface area contributed by atoms with Crippen LogP contribution in [0.3, 0.4) is 0 Å². The van der Waals surface area contributed by atoms with Crippen LogP contribution in [-0.2, 0) is 9.53 Å². The number of aryl methyl sites for hydroxylation is 2. The Kier molecular flexibility index (Phi) is 7.41. The molecule has 0 aliphatic rings. The number of aromatic nitrogens is 2. The van der Waals surface area contributed by atoms with E-state index in [1.165, 1.54) is 12.3 Å². The minimum Gasteiger partial charge on any atom is -0.462 e. The highest BCUT2D eigenvalue weighted by Crippen LogP contribution is 2.11. The van der Waals surface area contributed by atoms with Gasteiger partial charge in [0.1, 0.15) is 17.1 Å². The van der Waals surface area contributed by atoms with E-state index < -0.39 is 11.8 Å². The predicted octanol–water partition coefficient (Wildman–Crippen LogP) is 2.16. The third-order valence-corrected chi connectivity index (χ3v) is 2.55. The molecule has 0 N–H and O–H groups in total. The summed E-state index contributed by atoms with van der Waals surface area (Å²) in [4.78, 5) is 25.4. The number of hydrogen-bond acceptors (Lipinski definition) is 8. The first-order chi connectivity index (χ1) is 11.3. The molecule has 8 nitrogen and oxygen atoms in total. The van der Waals surface area contributed by atoms with E-state index in [0.717, 1.165) is 5.76 Å². The quantitative estimate of drug-likeness (QED) is 0.269. The molecule has 0 aliphatic heterocycles. The number of hydrogen-bond donors (Lipinski definition) is 0. The number of ether oxygens (including phenoxy) is 1. The maximum atomic E-state index is 12.1. The molecule has 0 radical (unpaired) electrons. The molecular formula is C16H21N3O5. The number of rotatable bonds is 5. The summed E-state index contributed by atoms with van der Waals surface area (Å²) in [5.41, 5.74) is 0.0174. The van der Waals surface area contributed by atoms with Crippen molar-refractivity contribution in [2.45, 2.75) is 20.8 Å². The Bertz CT molecular complexity index is 686. The van der Waals surface area contributed by atoms with Gasteiger partial charge in [-0.1, -0.05) is 10.3 Å². The highest BCUT2D eigenvalue weighted by Gasteiger charge is 2.24. The van der Waals surface area contributed by atoms with Crippen molar-refractivity contribution in [1.29, 1.82) is 0 Å². The van der Waals surface area contributed by atoms with Crippen LogP contribution in [0.2, 0.25) is 0 Å². The third kappa shape index (κ3) is 6.07. The first-order valence-electron chi connectivity index (χ1n) is 7.25. The van der Waals surface area contributed by atoms with Crippen molar-refractivity contribution in [2.75, 3.05) is 20.7 Å². The molecule has 0 fully saturated rings. The lowest BCUT2D eigenvalue weighted by Crippen LogP contribution is -2.19. The van der Waals surface area contributed by atoms with E-state index in [1.807, 2.05) is 6.92 Å². The Hall–Kier alpha value is -2.90. The molecular weight excluding hydrogens is 314 g/mol. The second-order valence-corrected chi connectivity index (χ2v) is 5.00. The molecule has 0 spiro atoms. The van der Waals surface area contributed by atoms with Crippen molar-refractivity contribution in [3.05, 3.63) is 47.3 Å². The van der Waals surface area contributed by atoms with E-state index in [9.17, 15) is 9.59 Å². The van der Waals surface area contributed by atoms with Crippen LogP contribution in [0.5, 0.6) is 0 Å². The minimum atomic E-state index is -0.670. The fourth-order valence-corrected chi connectivity index (χ4v) is 1.56. The van der Waals surface area contributed by atoms with Crippen LogP contribution in [0, 0.1) is 13.8 Å². The molecule has 0 saturated heterocycles. The zero-order chi connectivity index (χ0) is 18.1. The topological polar surface area (TPSA) is 98.7 Å². The molecule has 0 bridgehead atoms. The van der Waals surface area contributed by atoms with Gasteiger partial charge in [0.2, 0.25) is 5.78 Å². The summed E-state index contributed by atoms with van der Waals surface area (Å²) < 4.78 is 14.2. The molecule has 2 aromatic heterocycles. The molecule has 0 amide bonds. The number of carbonyl (C=O) groups is 2. The summed E-state index contributed by atoms with van der Waals surface area (Å²) in [6.07, 6.45) is 3.03. The molecule has 2 aromatic rings. The number of esters is 1. The van der Waals surface area contributed by atoms with Gasteiger partial charge in [-0.05, 0) is 20.8 Å². The highest BCUT2D eigenvalue weighted by atomic mass is 16.5. The molecule has 0 atom stereocenters. The lowest BCUT2D eigenvalue weighted by Gasteiger charge is -2.09. The van der Waals surface area contributed by atoms with Crippen LogP contribution >= 0.6 is 0 Å². The van der Waals surface area contributed by atoms with Crippen LogP contribution in [0.1, 0.15) is 28.9 Å². The fourth-order valence-electron chi connectivity index (χ4n) is 1.56. The fraction of sp³-hybridized carbons (Fsp3) is 0.375. The Morgan fingerprint density at radius 1 is 1.25 bits per heavy atom. The van der Waals surface area contributed by atoms with Crippen molar-refractivity contribution in [3.63, 3.8) is 0 Å². The van der Waals surface area contributed by atoms with Crippen molar-refractivity contribution >= 4 is 11.8 Å². The Balaban J connectivity index is 0.000000400. The van der Waals surface area contributed by atoms with Gasteiger partial charge in [0.15, 0.2) is 5.69 Å². The van der Waals surface area contributed by atoms with E-state index in [-0.39, 0.29) is 17.9 Å². The molecule has 0 aliphatic carbocycles. The molecule has 130 valence electrons. The van der Waals surface area contributed by atoms with E-state index in [0.29, 0.717) is 5.76 Å². The molecule has 24 heavy (non-hydrogen) atoms. The highest BCUT2D eigenvalue weighted by molar-refractivity contribution is 6.23. The maximum Gasteiger partial charge on any atom is 0.343 e. The molecule has 0 aromatic carbocycles. The van der Waals surface area contributed by atoms with Crippen LogP contribution in [0.4, 0.5) is 0 Å². The summed E-state index contributed by atoms with van der Waals surface area (Å²) in [5.74, 6) is 0.178. The van der Waals surface area contributed by atoms with Gasteiger partial charge in [-0.15, -0.1) is 0 Å². The van der Waals surface area contributed by atoms with Crippen molar-refractivity contribution in [3.8, 4) is 0 Å². The van der Waals surface area contributed by atoms with E-state index in [1.54, 1.807) is 45.1 Å². The third-order valence-electron chi connectivity index (χ3n) is 2.55. The molecule has 0 unspecified atom stereocenters. The van der Waals surface area contributed by atoms with Gasteiger partial charge >= 0.3 is 5.97 Å². The minimum absolute atomic E-state index is 0.0739. The van der Waals surface area contributed by atoms with Gasteiger partial charge in [0.25, 0.3) is 0 Å². The van der Waals surface area contributed by atoms with Gasteiger partial charge in [-0.3, -0.25) is 4.79 Å². The Labute approximate surface area is 140 Å². The largest absolute Gasteiger partial charge is 0.462 e. The van der Waals surface area contributed by atoms with Gasteiger partial charge in [0, 0.05) is 32.4 Å². The first kappa shape index (κ1) is 19.1. The maximum absolute atomic E-state index is 12.1. The normalized spacial score (nSPS) is 10.6. The molecule has 2 rings (SSSR count). The van der Waals surface area contributed by atoms with Crippen molar-refractivity contribution in [2.24, 2.45) is 0 Å². The number of nitrogens with zero attached hydrogens (tertiary/aromatic N) is 3. The smallest absolute Gasteiger partial charge is 0.343 e. The summed E-state index contributed by atoms with van der Waals surface area (Å²) in [6, 6.07) is 3.28. The number of Topliss-reactive ketones (excluding diaryl/α,β-unsaturated/α-hetero) is 1. The lowest BCUT2D eigenvalue weighted by atomic mass is 10.1. The first-order valence-corrected chi connectivity index (χ1v) is 7.25. The second kappa shape index (κ2) is 9.29. The summed E-state index contributed by atoms with van der Waals surface area (Å²) in [7, 11) is 3.42. The summed E-state index contributed by atoms with van der Waals surface area (Å²) >= 11 is 0. The van der Waals surface area contributed by atoms with Crippen LogP contribution < -0.4 is 0 Å². The van der Waals surface area contributed by atoms with Gasteiger partial charge in [0.05, 0.1) is 12.8 Å². The van der Waals surface area contributed by atoms with Gasteiger partial charge in [-0.25, -0.2) is 4.79 Å². The van der Waals surface area contributed by atoms with Crippen LogP contribution in [-0.4, -0.2) is 47.7 Å². The van der Waals surface area contributed by atoms with Crippen molar-refractivity contribution in [1.82, 2.24) is 15.2 Å². The number of ketones is 1. The zero-order valence-corrected chi connectivity index (χ0v) is 14.4. The van der Waals surface area contributed by atoms with E-state index >= 15 is 0 Å². The SMILES string of the molecule is CCOC(=O)C(=CN(C)C)C(=O)c1cc(C)on1.Cc1ccno1. The summed E-state index contributed by atoms with van der Waals surface area (Å²) in [6.45, 7) is 5.40. The van der Waals surface area contributed by atoms with E-state index in [2.05, 4.69) is 14.8 Å². The molecule has 0 saturated carbocycles. The lowest BCUT2D eigenvalue weighted by molar-refractivity contribution is -0.138. The molecule has 8 heteroatoms. The van der Waals surface area contributed by atoms with Gasteiger partial charge < -0.3 is 18.7 Å². The average Bonchev–Trinajstić information content (AvgIpc) is 3.16. The zero-order valence-electron chi connectivity index (χ0n) is 14.4. The Morgan fingerprint density at radius 2 is 1.96 bits per heavy atom. The second-order valence-electron chi connectivity index (χ2n) is 5.00. The number of carbonyl (C=O) groups excluding carboxylic acids is 2. The van der Waals surface area contributed by atoms with Crippen molar-refractivity contribution < 1.29 is 23.4 Å². The summed E-state index contributed by atoms with van der Waals surface area (Å²) in [5, 5.41) is 7.04. The van der Waals surface area contributed by atoms with E-state index in [4.69, 9.17) is 9.26 Å².